The van der Waals surface area contributed by atoms with Crippen LogP contribution in [0.1, 0.15) is 0 Å². The summed E-state index contributed by atoms with van der Waals surface area (Å²) in [4.78, 5) is 0. The molecule has 0 bridgehead atoms. The van der Waals surface area contributed by atoms with Gasteiger partial charge in [0.15, 0.2) is 0 Å². The van der Waals surface area contributed by atoms with E-state index in [1.165, 1.54) is 5.32 Å². The molecule has 0 heterocycles. The Morgan fingerprint density at radius 2 is 1.88 bits per heavy atom. The lowest BCUT2D eigenvalue weighted by molar-refractivity contribution is -0.155. The molecule has 0 aliphatic heterocycles. The van der Waals surface area contributed by atoms with Gasteiger partial charge in [0.05, 0.1) is 0 Å². The quantitative estimate of drug-likeness (QED) is 0.459. The van der Waals surface area contributed by atoms with Gasteiger partial charge in [0, 0.05) is 12.4 Å². The predicted octanol–water partition coefficient (Wildman–Crippen LogP) is 1.33. The van der Waals surface area contributed by atoms with Gasteiger partial charge in [-0.1, -0.05) is 0 Å². The average Bonchev–Trinajstić information content (AvgIpc) is 1.59. The Morgan fingerprint density at radius 3 is 2.00 bits per heavy atom. The van der Waals surface area contributed by atoms with E-state index in [1.54, 1.807) is 0 Å². The highest BCUT2D eigenvalue weighted by Gasteiger charge is 2.25. The number of alkyl halides is 4. The van der Waals surface area contributed by atoms with E-state index in [2.05, 4.69) is 0 Å². The molecule has 0 amide bonds. The van der Waals surface area contributed by atoms with Gasteiger partial charge in [0.2, 0.25) is 0 Å². The van der Waals surface area contributed by atoms with Crippen molar-refractivity contribution in [1.29, 1.82) is 0 Å². The maximum atomic E-state index is 11.1. The first-order valence-corrected chi connectivity index (χ1v) is 2.47. The summed E-state index contributed by atoms with van der Waals surface area (Å²) in [5, 5.41) is 1.24. The fraction of sp³-hybridized carbons (Fsp3) is 1.00. The second kappa shape index (κ2) is 3.14. The highest BCUT2D eigenvalue weighted by molar-refractivity contribution is 6.18. The molecule has 0 aromatic carbocycles. The van der Waals surface area contributed by atoms with Crippen LogP contribution in [0.5, 0.6) is 0 Å². The normalized spacial score (nSPS) is 12.0. The van der Waals surface area contributed by atoms with E-state index >= 15 is 0 Å². The second-order valence-corrected chi connectivity index (χ2v) is 1.49. The van der Waals surface area contributed by atoms with E-state index in [1.807, 2.05) is 0 Å². The zero-order valence-corrected chi connectivity index (χ0v) is 4.68. The molecule has 0 aliphatic carbocycles. The molecule has 5 heteroatoms. The topological polar surface area (TPSA) is 12.0 Å². The van der Waals surface area contributed by atoms with Crippen LogP contribution in [0.25, 0.3) is 0 Å². The van der Waals surface area contributed by atoms with Gasteiger partial charge in [-0.25, -0.2) is 5.32 Å². The SMILES string of the molecule is FC(F)(F)NCCCl. The Labute approximate surface area is 49.8 Å². The molecule has 0 saturated heterocycles. The highest BCUT2D eigenvalue weighted by atomic mass is 35.5. The maximum absolute atomic E-state index is 11.1. The van der Waals surface area contributed by atoms with Crippen molar-refractivity contribution in [1.82, 2.24) is 5.32 Å². The lowest BCUT2D eigenvalue weighted by Gasteiger charge is -2.04. The number of hydrogen-bond acceptors (Lipinski definition) is 1. The van der Waals surface area contributed by atoms with Crippen LogP contribution in [0.3, 0.4) is 0 Å². The van der Waals surface area contributed by atoms with Gasteiger partial charge < -0.3 is 0 Å². The van der Waals surface area contributed by atoms with Gasteiger partial charge in [-0.15, -0.1) is 11.6 Å². The summed E-state index contributed by atoms with van der Waals surface area (Å²) in [6.45, 7) is -0.231. The van der Waals surface area contributed by atoms with Crippen molar-refractivity contribution in [2.45, 2.75) is 6.30 Å². The first-order chi connectivity index (χ1) is 3.56. The summed E-state index contributed by atoms with van der Waals surface area (Å²) in [5.41, 5.74) is 0. The third-order valence-electron chi connectivity index (χ3n) is 0.420. The molecule has 0 radical (unpaired) electrons. The maximum Gasteiger partial charge on any atom is 0.457 e. The molecule has 0 aliphatic rings. The standard InChI is InChI=1S/C3H5ClF3N/c4-1-2-8-3(5,6)7/h8H,1-2H2. The lowest BCUT2D eigenvalue weighted by atomic mass is 10.7. The Balaban J connectivity index is 3.11. The molecular weight excluding hydrogens is 142 g/mol. The molecule has 0 aromatic heterocycles. The van der Waals surface area contributed by atoms with Crippen LogP contribution in [0, 0.1) is 0 Å². The van der Waals surface area contributed by atoms with Gasteiger partial charge in [0.1, 0.15) is 0 Å². The van der Waals surface area contributed by atoms with Crippen LogP contribution in [0.4, 0.5) is 13.2 Å². The summed E-state index contributed by atoms with van der Waals surface area (Å²) in [7, 11) is 0. The van der Waals surface area contributed by atoms with Crippen molar-refractivity contribution < 1.29 is 13.2 Å². The average molecular weight is 148 g/mol. The summed E-state index contributed by atoms with van der Waals surface area (Å²) < 4.78 is 33.2. The molecular formula is C3H5ClF3N. The molecule has 0 rings (SSSR count). The third-order valence-corrected chi connectivity index (χ3v) is 0.609. The first-order valence-electron chi connectivity index (χ1n) is 1.94. The van der Waals surface area contributed by atoms with Crippen LogP contribution < -0.4 is 5.32 Å². The minimum atomic E-state index is -4.28. The van der Waals surface area contributed by atoms with Crippen molar-refractivity contribution >= 4 is 11.6 Å². The Morgan fingerprint density at radius 1 is 1.38 bits per heavy atom. The second-order valence-electron chi connectivity index (χ2n) is 1.11. The van der Waals surface area contributed by atoms with Crippen molar-refractivity contribution in [3.8, 4) is 0 Å². The van der Waals surface area contributed by atoms with Crippen LogP contribution >= 0.6 is 11.6 Å². The van der Waals surface area contributed by atoms with Gasteiger partial charge in [-0.05, 0) is 0 Å². The highest BCUT2D eigenvalue weighted by Crippen LogP contribution is 2.08. The molecule has 1 N–H and O–H groups in total. The largest absolute Gasteiger partial charge is 0.457 e. The minimum absolute atomic E-state index is 0.0283. The zero-order chi connectivity index (χ0) is 6.62. The van der Waals surface area contributed by atoms with Crippen LogP contribution in [-0.2, 0) is 0 Å². The Bertz CT molecular complexity index is 62.0. The number of hydrogen-bond donors (Lipinski definition) is 1. The van der Waals surface area contributed by atoms with Gasteiger partial charge >= 0.3 is 6.30 Å². The minimum Gasteiger partial charge on any atom is -0.227 e. The third kappa shape index (κ3) is 6.04. The van der Waals surface area contributed by atoms with Crippen molar-refractivity contribution in [2.75, 3.05) is 12.4 Å². The van der Waals surface area contributed by atoms with Crippen LogP contribution in [0.2, 0.25) is 0 Å². The smallest absolute Gasteiger partial charge is 0.227 e. The predicted molar refractivity (Wildman–Crippen MR) is 24.8 cm³/mol. The molecule has 1 nitrogen and oxygen atoms in total. The van der Waals surface area contributed by atoms with E-state index in [-0.39, 0.29) is 12.4 Å². The molecule has 50 valence electrons. The van der Waals surface area contributed by atoms with E-state index in [4.69, 9.17) is 11.6 Å². The Hall–Kier alpha value is 0.0400. The molecule has 0 saturated carbocycles. The summed E-state index contributed by atoms with van der Waals surface area (Å²) >= 11 is 4.95. The molecule has 0 atom stereocenters. The van der Waals surface area contributed by atoms with Crippen LogP contribution in [0.15, 0.2) is 0 Å². The zero-order valence-electron chi connectivity index (χ0n) is 3.93. The number of rotatable bonds is 2. The van der Waals surface area contributed by atoms with Crippen molar-refractivity contribution in [3.05, 3.63) is 0 Å². The Kier molecular flexibility index (Phi) is 3.16. The molecule has 0 unspecified atom stereocenters. The molecule has 0 aromatic rings. The number of nitrogens with one attached hydrogen (secondary N) is 1. The van der Waals surface area contributed by atoms with Crippen molar-refractivity contribution in [2.24, 2.45) is 0 Å². The molecule has 0 spiro atoms. The van der Waals surface area contributed by atoms with E-state index in [0.29, 0.717) is 0 Å². The fourth-order valence-corrected chi connectivity index (χ4v) is 0.283. The monoisotopic (exact) mass is 147 g/mol. The summed E-state index contributed by atoms with van der Waals surface area (Å²) in [6, 6.07) is 0. The van der Waals surface area contributed by atoms with Gasteiger partial charge in [-0.3, -0.25) is 0 Å². The van der Waals surface area contributed by atoms with E-state index in [9.17, 15) is 13.2 Å². The summed E-state index contributed by atoms with van der Waals surface area (Å²) in [5.74, 6) is -0.0283. The van der Waals surface area contributed by atoms with E-state index in [0.717, 1.165) is 0 Å². The lowest BCUT2D eigenvalue weighted by Crippen LogP contribution is -2.32. The first kappa shape index (κ1) is 8.04. The number of halogens is 4. The van der Waals surface area contributed by atoms with Crippen molar-refractivity contribution in [3.63, 3.8) is 0 Å². The fourth-order valence-electron chi connectivity index (χ4n) is 0.189. The molecule has 0 fully saturated rings. The summed E-state index contributed by atoms with van der Waals surface area (Å²) in [6.07, 6.45) is -4.28. The van der Waals surface area contributed by atoms with E-state index < -0.39 is 6.30 Å². The van der Waals surface area contributed by atoms with Gasteiger partial charge in [0.25, 0.3) is 0 Å². The van der Waals surface area contributed by atoms with Crippen LogP contribution in [-0.4, -0.2) is 18.7 Å². The van der Waals surface area contributed by atoms with Gasteiger partial charge in [-0.2, -0.15) is 13.2 Å². The molecule has 8 heavy (non-hydrogen) atoms.